The van der Waals surface area contributed by atoms with Gasteiger partial charge in [0.05, 0.1) is 0 Å². The molecule has 2 heteroatoms. The van der Waals surface area contributed by atoms with Gasteiger partial charge in [-0.2, -0.15) is 0 Å². The molecule has 0 aromatic carbocycles. The topological polar surface area (TPSA) is 17.0 Å². The van der Waals surface area contributed by atoms with Crippen molar-refractivity contribution in [3.05, 3.63) is 23.5 Å². The van der Waals surface area contributed by atoms with Gasteiger partial charge in [-0.1, -0.05) is 20.8 Å². The molecule has 0 fully saturated rings. The number of hydrogen-bond donors (Lipinski definition) is 1. The lowest BCUT2D eigenvalue weighted by Crippen LogP contribution is -2.38. The van der Waals surface area contributed by atoms with Crippen LogP contribution < -0.4 is 5.32 Å². The summed E-state index contributed by atoms with van der Waals surface area (Å²) in [4.78, 5) is 0. The van der Waals surface area contributed by atoms with Gasteiger partial charge in [-0.3, -0.25) is 0 Å². The Bertz CT molecular complexity index is 357. The maximum Gasteiger partial charge on any atom is 0.0448 e. The van der Waals surface area contributed by atoms with Crippen LogP contribution in [0.1, 0.15) is 51.9 Å². The summed E-state index contributed by atoms with van der Waals surface area (Å²) in [5.74, 6) is 0. The molecule has 2 atom stereocenters. The van der Waals surface area contributed by atoms with E-state index in [0.717, 1.165) is 6.54 Å². The molecule has 0 radical (unpaired) electrons. The SMILES string of the molecule is C[C@H]1Cn2cc(C(C)(C)C)cc2[C@@H](C)N1. The van der Waals surface area contributed by atoms with Gasteiger partial charge in [0.2, 0.25) is 0 Å². The lowest BCUT2D eigenvalue weighted by molar-refractivity contribution is 0.366. The summed E-state index contributed by atoms with van der Waals surface area (Å²) in [6, 6.07) is 3.40. The fraction of sp³-hybridized carbons (Fsp3) is 0.692. The van der Waals surface area contributed by atoms with E-state index in [1.54, 1.807) is 0 Å². The summed E-state index contributed by atoms with van der Waals surface area (Å²) in [7, 11) is 0. The maximum atomic E-state index is 3.58. The summed E-state index contributed by atoms with van der Waals surface area (Å²) in [5, 5.41) is 3.58. The summed E-state index contributed by atoms with van der Waals surface area (Å²) in [5.41, 5.74) is 3.13. The van der Waals surface area contributed by atoms with Crippen LogP contribution in [0.4, 0.5) is 0 Å². The molecule has 1 N–H and O–H groups in total. The fourth-order valence-corrected chi connectivity index (χ4v) is 2.32. The van der Waals surface area contributed by atoms with E-state index in [0.29, 0.717) is 12.1 Å². The van der Waals surface area contributed by atoms with Gasteiger partial charge >= 0.3 is 0 Å². The summed E-state index contributed by atoms with van der Waals surface area (Å²) >= 11 is 0. The van der Waals surface area contributed by atoms with Crippen LogP contribution in [-0.2, 0) is 12.0 Å². The minimum atomic E-state index is 0.257. The summed E-state index contributed by atoms with van der Waals surface area (Å²) in [6.07, 6.45) is 2.32. The zero-order chi connectivity index (χ0) is 11.2. The Morgan fingerprint density at radius 2 is 2.00 bits per heavy atom. The van der Waals surface area contributed by atoms with E-state index in [9.17, 15) is 0 Å². The number of aromatic nitrogens is 1. The number of hydrogen-bond acceptors (Lipinski definition) is 1. The average Bonchev–Trinajstić information content (AvgIpc) is 2.46. The Balaban J connectivity index is 2.39. The Kier molecular flexibility index (Phi) is 2.42. The first-order chi connectivity index (χ1) is 6.88. The van der Waals surface area contributed by atoms with E-state index < -0.39 is 0 Å². The van der Waals surface area contributed by atoms with Gasteiger partial charge in [0.1, 0.15) is 0 Å². The second-order valence-corrected chi connectivity index (χ2v) is 5.85. The van der Waals surface area contributed by atoms with E-state index >= 15 is 0 Å². The molecule has 15 heavy (non-hydrogen) atoms. The zero-order valence-electron chi connectivity index (χ0n) is 10.5. The van der Waals surface area contributed by atoms with Crippen LogP contribution in [0.25, 0.3) is 0 Å². The highest BCUT2D eigenvalue weighted by atomic mass is 15.1. The number of fused-ring (bicyclic) bond motifs is 1. The molecule has 1 aliphatic rings. The molecule has 0 unspecified atom stereocenters. The molecule has 2 rings (SSSR count). The maximum absolute atomic E-state index is 3.58. The molecule has 1 aliphatic heterocycles. The number of nitrogens with zero attached hydrogens (tertiary/aromatic N) is 1. The van der Waals surface area contributed by atoms with Crippen molar-refractivity contribution in [3.63, 3.8) is 0 Å². The summed E-state index contributed by atoms with van der Waals surface area (Å²) < 4.78 is 2.41. The third-order valence-electron chi connectivity index (χ3n) is 3.24. The van der Waals surface area contributed by atoms with Crippen LogP contribution in [-0.4, -0.2) is 10.6 Å². The van der Waals surface area contributed by atoms with Gasteiger partial charge in [-0.05, 0) is 30.9 Å². The van der Waals surface area contributed by atoms with Crippen molar-refractivity contribution in [1.29, 1.82) is 0 Å². The van der Waals surface area contributed by atoms with Crippen molar-refractivity contribution in [2.75, 3.05) is 0 Å². The van der Waals surface area contributed by atoms with Crippen molar-refractivity contribution >= 4 is 0 Å². The predicted octanol–water partition coefficient (Wildman–Crippen LogP) is 2.84. The van der Waals surface area contributed by atoms with Crippen LogP contribution in [0.2, 0.25) is 0 Å². The van der Waals surface area contributed by atoms with Gasteiger partial charge in [0.25, 0.3) is 0 Å². The lowest BCUT2D eigenvalue weighted by atomic mass is 9.89. The van der Waals surface area contributed by atoms with Gasteiger partial charge in [0.15, 0.2) is 0 Å². The standard InChI is InChI=1S/C13H22N2/c1-9-7-15-8-11(13(3,4)5)6-12(15)10(2)14-9/h6,8-10,14H,7H2,1-5H3/t9-,10+/m0/s1. The van der Waals surface area contributed by atoms with Crippen LogP contribution in [0.15, 0.2) is 12.3 Å². The molecule has 0 bridgehead atoms. The van der Waals surface area contributed by atoms with Crippen LogP contribution in [0, 0.1) is 0 Å². The van der Waals surface area contributed by atoms with Crippen LogP contribution >= 0.6 is 0 Å². The molecule has 0 aliphatic carbocycles. The highest BCUT2D eigenvalue weighted by molar-refractivity contribution is 5.28. The molecule has 1 aromatic rings. The first kappa shape index (κ1) is 10.7. The molecule has 1 aromatic heterocycles. The van der Waals surface area contributed by atoms with Gasteiger partial charge < -0.3 is 9.88 Å². The third kappa shape index (κ3) is 1.96. The Labute approximate surface area is 92.7 Å². The molecule has 0 saturated carbocycles. The molecular weight excluding hydrogens is 184 g/mol. The highest BCUT2D eigenvalue weighted by Gasteiger charge is 2.24. The van der Waals surface area contributed by atoms with Crippen molar-refractivity contribution in [2.45, 2.75) is 58.7 Å². The van der Waals surface area contributed by atoms with Crippen molar-refractivity contribution < 1.29 is 0 Å². The second kappa shape index (κ2) is 3.38. The minimum Gasteiger partial charge on any atom is -0.348 e. The highest BCUT2D eigenvalue weighted by Crippen LogP contribution is 2.29. The van der Waals surface area contributed by atoms with E-state index in [1.807, 2.05) is 0 Å². The minimum absolute atomic E-state index is 0.257. The molecule has 0 amide bonds. The third-order valence-corrected chi connectivity index (χ3v) is 3.24. The summed E-state index contributed by atoms with van der Waals surface area (Å²) in [6.45, 7) is 12.4. The molecule has 0 saturated heterocycles. The Morgan fingerprint density at radius 1 is 1.33 bits per heavy atom. The van der Waals surface area contributed by atoms with Gasteiger partial charge in [-0.15, -0.1) is 0 Å². The average molecular weight is 206 g/mol. The van der Waals surface area contributed by atoms with Crippen LogP contribution in [0.5, 0.6) is 0 Å². The lowest BCUT2D eigenvalue weighted by Gasteiger charge is -2.28. The number of nitrogens with one attached hydrogen (secondary N) is 1. The quantitative estimate of drug-likeness (QED) is 0.690. The monoisotopic (exact) mass is 206 g/mol. The van der Waals surface area contributed by atoms with E-state index in [-0.39, 0.29) is 5.41 Å². The second-order valence-electron chi connectivity index (χ2n) is 5.85. The van der Waals surface area contributed by atoms with E-state index in [2.05, 4.69) is 56.8 Å². The van der Waals surface area contributed by atoms with Gasteiger partial charge in [-0.25, -0.2) is 0 Å². The molecular formula is C13H22N2. The van der Waals surface area contributed by atoms with Crippen molar-refractivity contribution in [2.24, 2.45) is 0 Å². The largest absolute Gasteiger partial charge is 0.348 e. The first-order valence-corrected chi connectivity index (χ1v) is 5.84. The molecule has 84 valence electrons. The van der Waals surface area contributed by atoms with Crippen molar-refractivity contribution in [3.8, 4) is 0 Å². The first-order valence-electron chi connectivity index (χ1n) is 5.84. The fourth-order valence-electron chi connectivity index (χ4n) is 2.32. The molecule has 2 heterocycles. The predicted molar refractivity (Wildman–Crippen MR) is 64.1 cm³/mol. The molecule has 0 spiro atoms. The number of rotatable bonds is 0. The van der Waals surface area contributed by atoms with Gasteiger partial charge in [0, 0.05) is 30.5 Å². The van der Waals surface area contributed by atoms with Crippen molar-refractivity contribution in [1.82, 2.24) is 9.88 Å². The zero-order valence-corrected chi connectivity index (χ0v) is 10.5. The normalized spacial score (nSPS) is 26.5. The Morgan fingerprint density at radius 3 is 2.60 bits per heavy atom. The van der Waals surface area contributed by atoms with E-state index in [4.69, 9.17) is 0 Å². The molecule has 2 nitrogen and oxygen atoms in total. The van der Waals surface area contributed by atoms with Crippen LogP contribution in [0.3, 0.4) is 0 Å². The van der Waals surface area contributed by atoms with E-state index in [1.165, 1.54) is 11.3 Å². The Hall–Kier alpha value is -0.760. The smallest absolute Gasteiger partial charge is 0.0448 e.